The average Bonchev–Trinajstić information content (AvgIpc) is 2.39. The first-order valence-electron chi connectivity index (χ1n) is 9.07. The second-order valence-electron chi connectivity index (χ2n) is 7.19. The zero-order valence-corrected chi connectivity index (χ0v) is 16.4. The summed E-state index contributed by atoms with van der Waals surface area (Å²) in [6.07, 6.45) is 10.4. The molecule has 0 bridgehead atoms. The molecule has 2 heteroatoms. The molecular weight excluding hydrogens is 272 g/mol. The summed E-state index contributed by atoms with van der Waals surface area (Å²) < 4.78 is 6.44. The largest absolute Gasteiger partial charge is 0.404 e. The molecule has 0 heterocycles. The molecule has 0 aliphatic rings. The molecule has 0 aromatic carbocycles. The normalized spacial score (nSPS) is 13.1. The number of hydrogen-bond donors (Lipinski definition) is 0. The van der Waals surface area contributed by atoms with E-state index in [1.807, 2.05) is 0 Å². The van der Waals surface area contributed by atoms with Gasteiger partial charge in [0.05, 0.1) is 0 Å². The van der Waals surface area contributed by atoms with E-state index < -0.39 is 8.32 Å². The Kier molecular flexibility index (Phi) is 12.1. The van der Waals surface area contributed by atoms with E-state index in [9.17, 15) is 0 Å². The van der Waals surface area contributed by atoms with E-state index in [2.05, 4.69) is 52.6 Å². The van der Waals surface area contributed by atoms with E-state index in [4.69, 9.17) is 4.43 Å². The summed E-state index contributed by atoms with van der Waals surface area (Å²) in [6, 6.07) is 1.28. The molecule has 0 aromatic rings. The van der Waals surface area contributed by atoms with Gasteiger partial charge in [0.1, 0.15) is 6.10 Å². The Morgan fingerprint density at radius 3 is 2.14 bits per heavy atom. The summed E-state index contributed by atoms with van der Waals surface area (Å²) in [5, 5.41) is 0. The summed E-state index contributed by atoms with van der Waals surface area (Å²) in [7, 11) is -1.55. The monoisotopic (exact) mass is 310 g/mol. The third kappa shape index (κ3) is 13.1. The summed E-state index contributed by atoms with van der Waals surface area (Å²) in [4.78, 5) is 0. The summed E-state index contributed by atoms with van der Waals surface area (Å²) in [6.45, 7) is 13.6. The summed E-state index contributed by atoms with van der Waals surface area (Å²) >= 11 is 0. The van der Waals surface area contributed by atoms with Crippen molar-refractivity contribution in [3.05, 3.63) is 0 Å². The van der Waals surface area contributed by atoms with Crippen molar-refractivity contribution in [1.82, 2.24) is 0 Å². The van der Waals surface area contributed by atoms with Gasteiger partial charge in [0.15, 0.2) is 8.32 Å². The highest BCUT2D eigenvalue weighted by atomic mass is 28.4. The Morgan fingerprint density at radius 1 is 0.952 bits per heavy atom. The van der Waals surface area contributed by atoms with E-state index >= 15 is 0 Å². The number of unbranched alkanes of at least 4 members (excludes halogenated alkanes) is 5. The highest BCUT2D eigenvalue weighted by molar-refractivity contribution is 6.71. The predicted molar refractivity (Wildman–Crippen MR) is 98.1 cm³/mol. The molecule has 1 nitrogen and oxygen atoms in total. The molecule has 0 radical (unpaired) electrons. The molecule has 0 aliphatic heterocycles. The molecule has 0 saturated heterocycles. The first-order chi connectivity index (χ1) is 9.91. The third-order valence-electron chi connectivity index (χ3n) is 3.72. The maximum Gasteiger partial charge on any atom is 0.188 e. The van der Waals surface area contributed by atoms with Gasteiger partial charge in [-0.2, -0.15) is 0 Å². The van der Waals surface area contributed by atoms with Crippen LogP contribution < -0.4 is 0 Å². The van der Waals surface area contributed by atoms with Gasteiger partial charge in [0.2, 0.25) is 0 Å². The van der Waals surface area contributed by atoms with Crippen LogP contribution in [-0.4, -0.2) is 14.4 Å². The van der Waals surface area contributed by atoms with Gasteiger partial charge in [-0.15, -0.1) is 5.92 Å². The molecule has 0 spiro atoms. The third-order valence-corrected chi connectivity index (χ3v) is 6.20. The van der Waals surface area contributed by atoms with Crippen molar-refractivity contribution in [2.75, 3.05) is 0 Å². The van der Waals surface area contributed by atoms with E-state index in [0.717, 1.165) is 12.8 Å². The van der Waals surface area contributed by atoms with Gasteiger partial charge in [0, 0.05) is 6.42 Å². The molecule has 0 aromatic heterocycles. The molecule has 124 valence electrons. The van der Waals surface area contributed by atoms with Gasteiger partial charge in [-0.25, -0.2) is 0 Å². The van der Waals surface area contributed by atoms with Crippen LogP contribution in [0, 0.1) is 17.8 Å². The van der Waals surface area contributed by atoms with E-state index in [-0.39, 0.29) is 6.10 Å². The lowest BCUT2D eigenvalue weighted by Crippen LogP contribution is -2.35. The Labute approximate surface area is 135 Å². The van der Waals surface area contributed by atoms with Crippen molar-refractivity contribution in [2.24, 2.45) is 5.92 Å². The Balaban J connectivity index is 4.13. The number of hydrogen-bond acceptors (Lipinski definition) is 1. The lowest BCUT2D eigenvalue weighted by molar-refractivity contribution is 0.217. The Bertz CT molecular complexity index is 298. The van der Waals surface area contributed by atoms with Crippen molar-refractivity contribution in [1.29, 1.82) is 0 Å². The van der Waals surface area contributed by atoms with Crippen molar-refractivity contribution < 1.29 is 4.43 Å². The minimum absolute atomic E-state index is 0.159. The molecule has 0 amide bonds. The molecule has 1 unspecified atom stereocenters. The van der Waals surface area contributed by atoms with Crippen LogP contribution in [0.15, 0.2) is 0 Å². The SMILES string of the molecule is CCC#CC(CC(C)C)O[Si](C)(C)CCCCCCCC. The fraction of sp³-hybridized carbons (Fsp3) is 0.895. The first kappa shape index (κ1) is 20.7. The van der Waals surface area contributed by atoms with Crippen LogP contribution in [0.1, 0.15) is 79.1 Å². The molecule has 0 saturated carbocycles. The average molecular weight is 311 g/mol. The highest BCUT2D eigenvalue weighted by Crippen LogP contribution is 2.21. The van der Waals surface area contributed by atoms with Crippen LogP contribution in [0.4, 0.5) is 0 Å². The topological polar surface area (TPSA) is 9.23 Å². The van der Waals surface area contributed by atoms with Gasteiger partial charge in [-0.05, 0) is 31.5 Å². The van der Waals surface area contributed by atoms with Crippen molar-refractivity contribution in [3.63, 3.8) is 0 Å². The van der Waals surface area contributed by atoms with Crippen LogP contribution >= 0.6 is 0 Å². The minimum Gasteiger partial charge on any atom is -0.404 e. The number of rotatable bonds is 11. The quantitative estimate of drug-likeness (QED) is 0.244. The van der Waals surface area contributed by atoms with Crippen LogP contribution in [-0.2, 0) is 4.43 Å². The van der Waals surface area contributed by atoms with Gasteiger partial charge in [-0.3, -0.25) is 0 Å². The van der Waals surface area contributed by atoms with Crippen molar-refractivity contribution in [3.8, 4) is 11.8 Å². The summed E-state index contributed by atoms with van der Waals surface area (Å²) in [5.74, 6) is 7.20. The lowest BCUT2D eigenvalue weighted by atomic mass is 10.1. The molecule has 0 N–H and O–H groups in total. The van der Waals surface area contributed by atoms with E-state index in [1.54, 1.807) is 0 Å². The molecule has 0 aliphatic carbocycles. The van der Waals surface area contributed by atoms with Crippen LogP contribution in [0.3, 0.4) is 0 Å². The Morgan fingerprint density at radius 2 is 1.57 bits per heavy atom. The standard InChI is InChI=1S/C19H38OSi/c1-7-9-11-12-13-14-16-21(5,6)20-19(15-10-8-2)17-18(3)4/h18-19H,7-9,11-14,16-17H2,1-6H3. The van der Waals surface area contributed by atoms with E-state index in [1.165, 1.54) is 44.6 Å². The fourth-order valence-corrected chi connectivity index (χ4v) is 4.70. The van der Waals surface area contributed by atoms with Crippen molar-refractivity contribution in [2.45, 2.75) is 104 Å². The van der Waals surface area contributed by atoms with Gasteiger partial charge in [-0.1, -0.05) is 72.1 Å². The second-order valence-corrected chi connectivity index (χ2v) is 11.4. The van der Waals surface area contributed by atoms with E-state index in [0.29, 0.717) is 5.92 Å². The molecule has 0 fully saturated rings. The second kappa shape index (κ2) is 12.3. The highest BCUT2D eigenvalue weighted by Gasteiger charge is 2.25. The molecular formula is C19H38OSi. The van der Waals surface area contributed by atoms with Crippen LogP contribution in [0.2, 0.25) is 19.1 Å². The smallest absolute Gasteiger partial charge is 0.188 e. The minimum atomic E-state index is -1.55. The van der Waals surface area contributed by atoms with Crippen molar-refractivity contribution >= 4 is 8.32 Å². The van der Waals surface area contributed by atoms with Gasteiger partial charge in [0.25, 0.3) is 0 Å². The van der Waals surface area contributed by atoms with Crippen LogP contribution in [0.25, 0.3) is 0 Å². The predicted octanol–water partition coefficient (Wildman–Crippen LogP) is 6.40. The summed E-state index contributed by atoms with van der Waals surface area (Å²) in [5.41, 5.74) is 0. The Hall–Kier alpha value is -0.263. The fourth-order valence-electron chi connectivity index (χ4n) is 2.56. The zero-order chi connectivity index (χ0) is 16.1. The van der Waals surface area contributed by atoms with Crippen LogP contribution in [0.5, 0.6) is 0 Å². The molecule has 1 atom stereocenters. The maximum absolute atomic E-state index is 6.44. The molecule has 21 heavy (non-hydrogen) atoms. The molecule has 0 rings (SSSR count). The maximum atomic E-state index is 6.44. The van der Waals surface area contributed by atoms with Gasteiger partial charge < -0.3 is 4.43 Å². The van der Waals surface area contributed by atoms with Gasteiger partial charge >= 0.3 is 0 Å². The zero-order valence-electron chi connectivity index (χ0n) is 15.4. The first-order valence-corrected chi connectivity index (χ1v) is 12.2. The lowest BCUT2D eigenvalue weighted by Gasteiger charge is -2.27.